The highest BCUT2D eigenvalue weighted by atomic mass is 16.4. The molecule has 0 aliphatic rings. The molecule has 88 valence electrons. The third kappa shape index (κ3) is 1.69. The first-order valence-electron chi connectivity index (χ1n) is 5.23. The van der Waals surface area contributed by atoms with Gasteiger partial charge in [0.05, 0.1) is 11.2 Å². The molecular weight excluding hydrogens is 232 g/mol. The Hall–Kier alpha value is -2.76. The van der Waals surface area contributed by atoms with Crippen LogP contribution in [0.5, 0.6) is 0 Å². The summed E-state index contributed by atoms with van der Waals surface area (Å²) in [6.07, 6.45) is 4.74. The number of aromatic carboxylic acids is 1. The second kappa shape index (κ2) is 3.92. The quantitative estimate of drug-likeness (QED) is 0.734. The molecule has 6 heteroatoms. The van der Waals surface area contributed by atoms with E-state index in [0.29, 0.717) is 5.69 Å². The van der Waals surface area contributed by atoms with E-state index in [2.05, 4.69) is 15.1 Å². The summed E-state index contributed by atoms with van der Waals surface area (Å²) < 4.78 is 1.72. The minimum absolute atomic E-state index is 0.0200. The van der Waals surface area contributed by atoms with E-state index in [1.54, 1.807) is 16.9 Å². The molecule has 0 saturated heterocycles. The van der Waals surface area contributed by atoms with E-state index in [1.165, 1.54) is 12.4 Å². The highest BCUT2D eigenvalue weighted by Crippen LogP contribution is 2.18. The fourth-order valence-corrected chi connectivity index (χ4v) is 1.71. The van der Waals surface area contributed by atoms with Crippen molar-refractivity contribution < 1.29 is 9.90 Å². The van der Waals surface area contributed by atoms with Gasteiger partial charge in [-0.1, -0.05) is 0 Å². The Morgan fingerprint density at radius 2 is 2.11 bits per heavy atom. The second-order valence-corrected chi connectivity index (χ2v) is 3.71. The Bertz CT molecular complexity index is 736. The monoisotopic (exact) mass is 240 g/mol. The maximum Gasteiger partial charge on any atom is 0.354 e. The Kier molecular flexibility index (Phi) is 2.26. The van der Waals surface area contributed by atoms with Crippen LogP contribution in [-0.4, -0.2) is 30.7 Å². The van der Waals surface area contributed by atoms with Gasteiger partial charge in [0.15, 0.2) is 5.69 Å². The van der Waals surface area contributed by atoms with Crippen LogP contribution in [-0.2, 0) is 0 Å². The predicted octanol–water partition coefficient (Wildman–Crippen LogP) is 1.49. The minimum atomic E-state index is -1.07. The van der Waals surface area contributed by atoms with Crippen molar-refractivity contribution in [2.45, 2.75) is 0 Å². The second-order valence-electron chi connectivity index (χ2n) is 3.71. The van der Waals surface area contributed by atoms with Gasteiger partial charge in [0.25, 0.3) is 0 Å². The van der Waals surface area contributed by atoms with Crippen LogP contribution in [0.25, 0.3) is 16.8 Å². The number of hydrogen-bond donors (Lipinski definition) is 1. The van der Waals surface area contributed by atoms with E-state index in [1.807, 2.05) is 18.2 Å². The zero-order valence-corrected chi connectivity index (χ0v) is 9.19. The number of nitrogens with zero attached hydrogens (tertiary/aromatic N) is 4. The molecule has 0 atom stereocenters. The third-order valence-electron chi connectivity index (χ3n) is 2.58. The van der Waals surface area contributed by atoms with E-state index < -0.39 is 5.97 Å². The summed E-state index contributed by atoms with van der Waals surface area (Å²) in [6, 6.07) is 7.03. The summed E-state index contributed by atoms with van der Waals surface area (Å²) in [5.74, 6) is -1.07. The largest absolute Gasteiger partial charge is 0.477 e. The van der Waals surface area contributed by atoms with E-state index in [9.17, 15) is 4.79 Å². The molecule has 0 amide bonds. The Labute approximate surface area is 102 Å². The van der Waals surface area contributed by atoms with Gasteiger partial charge >= 0.3 is 5.97 Å². The van der Waals surface area contributed by atoms with Crippen LogP contribution in [0.2, 0.25) is 0 Å². The van der Waals surface area contributed by atoms with Gasteiger partial charge in [-0.05, 0) is 24.3 Å². The van der Waals surface area contributed by atoms with Gasteiger partial charge in [-0.25, -0.2) is 19.3 Å². The molecule has 0 radical (unpaired) electrons. The van der Waals surface area contributed by atoms with Crippen molar-refractivity contribution in [1.29, 1.82) is 0 Å². The van der Waals surface area contributed by atoms with Crippen molar-refractivity contribution in [2.24, 2.45) is 0 Å². The Balaban J connectivity index is 2.13. The van der Waals surface area contributed by atoms with E-state index in [4.69, 9.17) is 5.11 Å². The lowest BCUT2D eigenvalue weighted by Crippen LogP contribution is -2.01. The molecule has 0 aliphatic carbocycles. The summed E-state index contributed by atoms with van der Waals surface area (Å²) in [7, 11) is 0. The van der Waals surface area contributed by atoms with Crippen molar-refractivity contribution in [2.75, 3.05) is 0 Å². The number of carboxylic acids is 1. The van der Waals surface area contributed by atoms with Crippen LogP contribution in [0.3, 0.4) is 0 Å². The zero-order valence-electron chi connectivity index (χ0n) is 9.19. The van der Waals surface area contributed by atoms with Crippen molar-refractivity contribution in [3.05, 3.63) is 48.7 Å². The first-order valence-corrected chi connectivity index (χ1v) is 5.23. The van der Waals surface area contributed by atoms with Crippen molar-refractivity contribution >= 4 is 11.5 Å². The van der Waals surface area contributed by atoms with Crippen LogP contribution in [0.4, 0.5) is 0 Å². The smallest absolute Gasteiger partial charge is 0.354 e. The summed E-state index contributed by atoms with van der Waals surface area (Å²) >= 11 is 0. The predicted molar refractivity (Wildman–Crippen MR) is 63.2 cm³/mol. The summed E-state index contributed by atoms with van der Waals surface area (Å²) in [4.78, 5) is 18.6. The number of fused-ring (bicyclic) bond motifs is 1. The fraction of sp³-hybridized carbons (Fsp3) is 0. The van der Waals surface area contributed by atoms with Crippen LogP contribution >= 0.6 is 0 Å². The van der Waals surface area contributed by atoms with Crippen LogP contribution in [0.15, 0.2) is 43.0 Å². The summed E-state index contributed by atoms with van der Waals surface area (Å²) in [5.41, 5.74) is 2.30. The third-order valence-corrected chi connectivity index (χ3v) is 2.58. The lowest BCUT2D eigenvalue weighted by atomic mass is 10.1. The normalized spacial score (nSPS) is 10.7. The molecule has 3 heterocycles. The number of carboxylic acid groups (broad SMARTS) is 1. The van der Waals surface area contributed by atoms with Crippen LogP contribution in [0, 0.1) is 0 Å². The van der Waals surface area contributed by atoms with Crippen molar-refractivity contribution in [3.63, 3.8) is 0 Å². The lowest BCUT2D eigenvalue weighted by molar-refractivity contribution is 0.0690. The molecule has 0 spiro atoms. The van der Waals surface area contributed by atoms with Gasteiger partial charge in [-0.2, -0.15) is 5.10 Å². The van der Waals surface area contributed by atoms with Crippen molar-refractivity contribution in [3.8, 4) is 11.3 Å². The average Bonchev–Trinajstić information content (AvgIpc) is 2.86. The number of aromatic nitrogens is 4. The van der Waals surface area contributed by atoms with E-state index in [0.717, 1.165) is 11.1 Å². The SMILES string of the molecule is O=C(O)c1cc(-c2ccn3nccc3c2)ncn1. The summed E-state index contributed by atoms with van der Waals surface area (Å²) in [5, 5.41) is 13.0. The maximum absolute atomic E-state index is 10.9. The molecule has 0 aromatic carbocycles. The first kappa shape index (κ1) is 10.4. The molecular formula is C12H8N4O2. The molecule has 18 heavy (non-hydrogen) atoms. The molecule has 3 aromatic heterocycles. The van der Waals surface area contributed by atoms with Gasteiger partial charge < -0.3 is 5.11 Å². The van der Waals surface area contributed by atoms with Crippen LogP contribution in [0.1, 0.15) is 10.5 Å². The maximum atomic E-state index is 10.9. The van der Waals surface area contributed by atoms with E-state index >= 15 is 0 Å². The molecule has 0 bridgehead atoms. The Morgan fingerprint density at radius 1 is 1.22 bits per heavy atom. The average molecular weight is 240 g/mol. The highest BCUT2D eigenvalue weighted by molar-refractivity contribution is 5.86. The molecule has 0 aliphatic heterocycles. The highest BCUT2D eigenvalue weighted by Gasteiger charge is 2.08. The molecule has 1 N–H and O–H groups in total. The van der Waals surface area contributed by atoms with Gasteiger partial charge in [0.1, 0.15) is 6.33 Å². The molecule has 0 unspecified atom stereocenters. The molecule has 3 aromatic rings. The first-order chi connectivity index (χ1) is 8.74. The number of hydrogen-bond acceptors (Lipinski definition) is 4. The fourth-order valence-electron chi connectivity index (χ4n) is 1.71. The van der Waals surface area contributed by atoms with Crippen LogP contribution < -0.4 is 0 Å². The van der Waals surface area contributed by atoms with Gasteiger partial charge in [-0.3, -0.25) is 0 Å². The van der Waals surface area contributed by atoms with E-state index in [-0.39, 0.29) is 5.69 Å². The van der Waals surface area contributed by atoms with Gasteiger partial charge in [0.2, 0.25) is 0 Å². The Morgan fingerprint density at radius 3 is 2.94 bits per heavy atom. The zero-order chi connectivity index (χ0) is 12.5. The minimum Gasteiger partial charge on any atom is -0.477 e. The standard InChI is InChI=1S/C12H8N4O2/c17-12(18)11-6-10(13-7-14-11)8-2-4-16-9(5-8)1-3-15-16/h1-7H,(H,17,18). The molecule has 6 nitrogen and oxygen atoms in total. The number of rotatable bonds is 2. The van der Waals surface area contributed by atoms with Crippen molar-refractivity contribution in [1.82, 2.24) is 19.6 Å². The topological polar surface area (TPSA) is 80.4 Å². The molecule has 0 saturated carbocycles. The molecule has 3 rings (SSSR count). The van der Waals surface area contributed by atoms with Gasteiger partial charge in [0, 0.05) is 18.0 Å². The summed E-state index contributed by atoms with van der Waals surface area (Å²) in [6.45, 7) is 0. The number of carbonyl (C=O) groups is 1. The number of pyridine rings is 1. The molecule has 0 fully saturated rings. The van der Waals surface area contributed by atoms with Gasteiger partial charge in [-0.15, -0.1) is 0 Å². The lowest BCUT2D eigenvalue weighted by Gasteiger charge is -2.02.